The Hall–Kier alpha value is -2.51. The topological polar surface area (TPSA) is 94.4 Å². The molecule has 2 aromatic heterocycles. The Labute approximate surface area is 165 Å². The molecule has 0 saturated heterocycles. The van der Waals surface area contributed by atoms with E-state index in [1.807, 2.05) is 12.1 Å². The first kappa shape index (κ1) is 18.8. The van der Waals surface area contributed by atoms with Crippen molar-refractivity contribution in [2.75, 3.05) is 16.8 Å². The van der Waals surface area contributed by atoms with Gasteiger partial charge < -0.3 is 20.4 Å². The van der Waals surface area contributed by atoms with Crippen molar-refractivity contribution in [2.45, 2.75) is 57.3 Å². The van der Waals surface area contributed by atoms with Crippen molar-refractivity contribution in [3.63, 3.8) is 0 Å². The second kappa shape index (κ2) is 7.14. The van der Waals surface area contributed by atoms with Gasteiger partial charge in [-0.25, -0.2) is 9.97 Å². The van der Waals surface area contributed by atoms with Gasteiger partial charge in [0.1, 0.15) is 5.60 Å². The van der Waals surface area contributed by atoms with Crippen LogP contribution in [0.25, 0.3) is 11.3 Å². The molecule has 4 rings (SSSR count). The van der Waals surface area contributed by atoms with E-state index < -0.39 is 5.60 Å². The third-order valence-electron chi connectivity index (χ3n) is 5.50. The first-order chi connectivity index (χ1) is 13.3. The fourth-order valence-electron chi connectivity index (χ4n) is 3.89. The number of pyridine rings is 1. The van der Waals surface area contributed by atoms with Gasteiger partial charge >= 0.3 is 0 Å². The van der Waals surface area contributed by atoms with Gasteiger partial charge in [-0.1, -0.05) is 6.58 Å². The Kier molecular flexibility index (Phi) is 4.81. The monoisotopic (exact) mass is 381 g/mol. The van der Waals surface area contributed by atoms with E-state index in [1.165, 1.54) is 0 Å². The van der Waals surface area contributed by atoms with Crippen LogP contribution < -0.4 is 10.2 Å². The van der Waals surface area contributed by atoms with Crippen LogP contribution in [0.1, 0.15) is 45.2 Å². The predicted octanol–water partition coefficient (Wildman–Crippen LogP) is 2.82. The summed E-state index contributed by atoms with van der Waals surface area (Å²) >= 11 is 0. The van der Waals surface area contributed by atoms with Gasteiger partial charge in [-0.3, -0.25) is 4.98 Å². The highest BCUT2D eigenvalue weighted by molar-refractivity contribution is 5.72. The lowest BCUT2D eigenvalue weighted by atomic mass is 9.91. The largest absolute Gasteiger partial charge is 0.393 e. The number of hydrogen-bond acceptors (Lipinski definition) is 7. The van der Waals surface area contributed by atoms with Crippen LogP contribution >= 0.6 is 0 Å². The van der Waals surface area contributed by atoms with E-state index in [4.69, 9.17) is 4.98 Å². The lowest BCUT2D eigenvalue weighted by Crippen LogP contribution is -2.43. The molecule has 2 aliphatic rings. The summed E-state index contributed by atoms with van der Waals surface area (Å²) in [4.78, 5) is 16.0. The van der Waals surface area contributed by atoms with Crippen LogP contribution in [0, 0.1) is 0 Å². The van der Waals surface area contributed by atoms with E-state index in [-0.39, 0.29) is 12.1 Å². The van der Waals surface area contributed by atoms with Crippen LogP contribution in [0.2, 0.25) is 0 Å². The maximum absolute atomic E-state index is 10.1. The Balaban J connectivity index is 1.67. The zero-order chi connectivity index (χ0) is 19.9. The summed E-state index contributed by atoms with van der Waals surface area (Å²) in [6.45, 7) is 8.29. The lowest BCUT2D eigenvalue weighted by Gasteiger charge is -2.40. The molecule has 148 valence electrons. The third-order valence-corrected chi connectivity index (χ3v) is 5.50. The molecule has 1 aliphatic heterocycles. The standard InChI is InChI=1S/C21H27N5O2/c1-13-10-23-19-20(26(13)15-5-7-16(27)8-6-15)25-17(12-24-19)14-4-9-18(22-11-14)21(2,3)28/h4,9,11-12,15-16,27-28H,1,5-8,10H2,2-3H3,(H,23,24). The highest BCUT2D eigenvalue weighted by Gasteiger charge is 2.32. The van der Waals surface area contributed by atoms with Gasteiger partial charge in [-0.2, -0.15) is 0 Å². The zero-order valence-electron chi connectivity index (χ0n) is 16.4. The zero-order valence-corrected chi connectivity index (χ0v) is 16.4. The van der Waals surface area contributed by atoms with Crippen LogP contribution in [-0.2, 0) is 5.60 Å². The maximum atomic E-state index is 10.1. The van der Waals surface area contributed by atoms with Gasteiger partial charge in [0.15, 0.2) is 11.6 Å². The Bertz CT molecular complexity index is 867. The average Bonchev–Trinajstić information content (AvgIpc) is 2.68. The number of fused-ring (bicyclic) bond motifs is 1. The number of aliphatic hydroxyl groups excluding tert-OH is 1. The second-order valence-electron chi connectivity index (χ2n) is 8.17. The van der Waals surface area contributed by atoms with Crippen LogP contribution in [0.4, 0.5) is 11.6 Å². The van der Waals surface area contributed by atoms with Crippen molar-refractivity contribution in [3.05, 3.63) is 42.5 Å². The van der Waals surface area contributed by atoms with E-state index in [0.717, 1.165) is 54.3 Å². The van der Waals surface area contributed by atoms with E-state index in [9.17, 15) is 10.2 Å². The summed E-state index contributed by atoms with van der Waals surface area (Å²) in [5.41, 5.74) is 2.17. The second-order valence-corrected chi connectivity index (χ2v) is 8.17. The molecule has 3 N–H and O–H groups in total. The van der Waals surface area contributed by atoms with Gasteiger partial charge in [0.05, 0.1) is 30.2 Å². The van der Waals surface area contributed by atoms with E-state index >= 15 is 0 Å². The molecule has 7 heteroatoms. The first-order valence-corrected chi connectivity index (χ1v) is 9.78. The molecule has 3 heterocycles. The Morgan fingerprint density at radius 3 is 2.54 bits per heavy atom. The molecule has 0 unspecified atom stereocenters. The average molecular weight is 381 g/mol. The minimum atomic E-state index is -0.982. The summed E-state index contributed by atoms with van der Waals surface area (Å²) in [6.07, 6.45) is 6.67. The van der Waals surface area contributed by atoms with Gasteiger partial charge in [0.2, 0.25) is 0 Å². The normalized spacial score (nSPS) is 22.6. The summed E-state index contributed by atoms with van der Waals surface area (Å²) in [5, 5.41) is 23.2. The highest BCUT2D eigenvalue weighted by atomic mass is 16.3. The lowest BCUT2D eigenvalue weighted by molar-refractivity contribution is 0.0739. The van der Waals surface area contributed by atoms with Crippen molar-refractivity contribution in [3.8, 4) is 11.3 Å². The molecule has 0 atom stereocenters. The van der Waals surface area contributed by atoms with Crippen molar-refractivity contribution in [1.29, 1.82) is 0 Å². The van der Waals surface area contributed by atoms with Crippen LogP contribution in [-0.4, -0.2) is 43.9 Å². The van der Waals surface area contributed by atoms with Gasteiger partial charge in [-0.15, -0.1) is 0 Å². The minimum Gasteiger partial charge on any atom is -0.393 e. The van der Waals surface area contributed by atoms with E-state index in [0.29, 0.717) is 12.2 Å². The summed E-state index contributed by atoms with van der Waals surface area (Å²) < 4.78 is 0. The Morgan fingerprint density at radius 2 is 1.89 bits per heavy atom. The smallest absolute Gasteiger partial charge is 0.176 e. The minimum absolute atomic E-state index is 0.204. The van der Waals surface area contributed by atoms with E-state index in [2.05, 4.69) is 26.8 Å². The number of anilines is 2. The molecule has 1 saturated carbocycles. The number of nitrogens with zero attached hydrogens (tertiary/aromatic N) is 4. The summed E-state index contributed by atoms with van der Waals surface area (Å²) in [7, 11) is 0. The molecule has 2 aromatic rings. The third kappa shape index (κ3) is 3.59. The molecule has 0 bridgehead atoms. The fraction of sp³-hybridized carbons (Fsp3) is 0.476. The molecule has 0 spiro atoms. The van der Waals surface area contributed by atoms with Crippen molar-refractivity contribution in [1.82, 2.24) is 15.0 Å². The molecule has 0 aromatic carbocycles. The maximum Gasteiger partial charge on any atom is 0.176 e. The Morgan fingerprint density at radius 1 is 1.14 bits per heavy atom. The van der Waals surface area contributed by atoms with Crippen LogP contribution in [0.15, 0.2) is 36.8 Å². The predicted molar refractivity (Wildman–Crippen MR) is 109 cm³/mol. The van der Waals surface area contributed by atoms with Crippen LogP contribution in [0.5, 0.6) is 0 Å². The van der Waals surface area contributed by atoms with Gasteiger partial charge in [-0.05, 0) is 51.7 Å². The van der Waals surface area contributed by atoms with Gasteiger partial charge in [0, 0.05) is 23.5 Å². The molecular formula is C21H27N5O2. The number of hydrogen-bond donors (Lipinski definition) is 3. The molecule has 7 nitrogen and oxygen atoms in total. The molecule has 0 radical (unpaired) electrons. The number of nitrogens with one attached hydrogen (secondary N) is 1. The molecule has 28 heavy (non-hydrogen) atoms. The first-order valence-electron chi connectivity index (χ1n) is 9.78. The molecular weight excluding hydrogens is 354 g/mol. The molecule has 0 amide bonds. The summed E-state index contributed by atoms with van der Waals surface area (Å²) in [5.74, 6) is 1.53. The number of rotatable bonds is 3. The summed E-state index contributed by atoms with van der Waals surface area (Å²) in [6, 6.07) is 3.99. The highest BCUT2D eigenvalue weighted by Crippen LogP contribution is 2.36. The van der Waals surface area contributed by atoms with E-state index in [1.54, 1.807) is 26.2 Å². The van der Waals surface area contributed by atoms with Crippen molar-refractivity contribution < 1.29 is 10.2 Å². The van der Waals surface area contributed by atoms with Crippen molar-refractivity contribution >= 4 is 11.6 Å². The van der Waals surface area contributed by atoms with Crippen LogP contribution in [0.3, 0.4) is 0 Å². The number of aliphatic hydroxyl groups is 2. The van der Waals surface area contributed by atoms with Gasteiger partial charge in [0.25, 0.3) is 0 Å². The quantitative estimate of drug-likeness (QED) is 0.752. The molecule has 1 aliphatic carbocycles. The molecule has 1 fully saturated rings. The SMILES string of the molecule is C=C1CNc2ncc(-c3ccc(C(C)(C)O)nc3)nc2N1C1CCC(O)CC1. The fourth-order valence-corrected chi connectivity index (χ4v) is 3.89. The van der Waals surface area contributed by atoms with Crippen molar-refractivity contribution in [2.24, 2.45) is 0 Å². The number of aromatic nitrogens is 3.